The number of furan rings is 1. The second-order valence-corrected chi connectivity index (χ2v) is 6.91. The highest BCUT2D eigenvalue weighted by Gasteiger charge is 2.17. The molecule has 1 atom stereocenters. The van der Waals surface area contributed by atoms with Gasteiger partial charge in [-0.3, -0.25) is 14.0 Å². The zero-order valence-electron chi connectivity index (χ0n) is 15.9. The monoisotopic (exact) mass is 378 g/mol. The Kier molecular flexibility index (Phi) is 4.73. The number of fused-ring (bicyclic) bond motifs is 3. The lowest BCUT2D eigenvalue weighted by atomic mass is 10.0. The molecule has 0 saturated carbocycles. The van der Waals surface area contributed by atoms with Crippen molar-refractivity contribution >= 4 is 22.5 Å². The molecule has 3 heterocycles. The molecule has 1 amide bonds. The summed E-state index contributed by atoms with van der Waals surface area (Å²) in [5.74, 6) is 0.395. The van der Waals surface area contributed by atoms with Gasteiger partial charge in [0.1, 0.15) is 17.9 Å². The van der Waals surface area contributed by atoms with Crippen LogP contribution >= 0.6 is 0 Å². The number of carbonyl (C=O) groups excluding carboxylic acids is 1. The SMILES string of the molecule is CC[C@H](Cc1ccccc1)NC(=O)Cn1nc(C)n2c(cc3occc32)c1=O. The largest absolute Gasteiger partial charge is 0.463 e. The van der Waals surface area contributed by atoms with E-state index in [1.54, 1.807) is 29.7 Å². The predicted octanol–water partition coefficient (Wildman–Crippen LogP) is 2.69. The molecular weight excluding hydrogens is 356 g/mol. The van der Waals surface area contributed by atoms with E-state index in [0.717, 1.165) is 23.9 Å². The predicted molar refractivity (Wildman–Crippen MR) is 106 cm³/mol. The number of nitrogens with one attached hydrogen (secondary N) is 1. The van der Waals surface area contributed by atoms with Gasteiger partial charge in [-0.15, -0.1) is 0 Å². The van der Waals surface area contributed by atoms with E-state index in [-0.39, 0.29) is 24.1 Å². The number of nitrogens with zero attached hydrogens (tertiary/aromatic N) is 3. The Hall–Kier alpha value is -3.35. The highest BCUT2D eigenvalue weighted by atomic mass is 16.3. The Morgan fingerprint density at radius 3 is 2.75 bits per heavy atom. The summed E-state index contributed by atoms with van der Waals surface area (Å²) in [4.78, 5) is 25.3. The van der Waals surface area contributed by atoms with E-state index in [1.165, 1.54) is 4.68 Å². The van der Waals surface area contributed by atoms with Gasteiger partial charge in [0.25, 0.3) is 5.56 Å². The van der Waals surface area contributed by atoms with Gasteiger partial charge >= 0.3 is 0 Å². The van der Waals surface area contributed by atoms with Crippen molar-refractivity contribution in [2.24, 2.45) is 0 Å². The van der Waals surface area contributed by atoms with Crippen molar-refractivity contribution in [1.82, 2.24) is 19.5 Å². The van der Waals surface area contributed by atoms with Crippen LogP contribution in [-0.4, -0.2) is 26.1 Å². The van der Waals surface area contributed by atoms with E-state index in [9.17, 15) is 9.59 Å². The molecule has 7 nitrogen and oxygen atoms in total. The summed E-state index contributed by atoms with van der Waals surface area (Å²) in [7, 11) is 0. The van der Waals surface area contributed by atoms with E-state index in [4.69, 9.17) is 4.42 Å². The van der Waals surface area contributed by atoms with E-state index >= 15 is 0 Å². The second kappa shape index (κ2) is 7.34. The van der Waals surface area contributed by atoms with Crippen LogP contribution in [0.5, 0.6) is 0 Å². The zero-order valence-corrected chi connectivity index (χ0v) is 15.9. The maximum absolute atomic E-state index is 12.8. The van der Waals surface area contributed by atoms with Crippen LogP contribution in [0.25, 0.3) is 16.6 Å². The van der Waals surface area contributed by atoms with Gasteiger partial charge in [-0.1, -0.05) is 37.3 Å². The number of hydrogen-bond acceptors (Lipinski definition) is 4. The van der Waals surface area contributed by atoms with Crippen LogP contribution in [0.15, 0.2) is 57.9 Å². The number of benzene rings is 1. The molecule has 0 spiro atoms. The minimum atomic E-state index is -0.316. The van der Waals surface area contributed by atoms with Crippen molar-refractivity contribution in [3.8, 4) is 0 Å². The molecule has 0 aliphatic heterocycles. The molecule has 0 saturated heterocycles. The standard InChI is InChI=1S/C21H22N4O3/c1-3-16(11-15-7-5-4-6-8-15)22-20(26)13-24-21(27)18-12-19-17(9-10-28-19)25(18)14(2)23-24/h4-10,12,16H,3,11,13H2,1-2H3,(H,22,26)/t16-/m1/s1. The van der Waals surface area contributed by atoms with Crippen LogP contribution in [0.3, 0.4) is 0 Å². The third-order valence-electron chi connectivity index (χ3n) is 4.94. The summed E-state index contributed by atoms with van der Waals surface area (Å²) in [6.45, 7) is 3.72. The van der Waals surface area contributed by atoms with Gasteiger partial charge in [0, 0.05) is 18.2 Å². The quantitative estimate of drug-likeness (QED) is 0.559. The van der Waals surface area contributed by atoms with Crippen LogP contribution in [0.4, 0.5) is 0 Å². The van der Waals surface area contributed by atoms with Crippen LogP contribution in [0, 0.1) is 6.92 Å². The first kappa shape index (κ1) is 18.0. The number of aromatic nitrogens is 3. The molecule has 28 heavy (non-hydrogen) atoms. The molecule has 144 valence electrons. The maximum atomic E-state index is 12.8. The molecule has 7 heteroatoms. The smallest absolute Gasteiger partial charge is 0.291 e. The van der Waals surface area contributed by atoms with E-state index in [1.807, 2.05) is 37.3 Å². The topological polar surface area (TPSA) is 81.5 Å². The van der Waals surface area contributed by atoms with Crippen molar-refractivity contribution in [3.05, 3.63) is 70.5 Å². The lowest BCUT2D eigenvalue weighted by molar-refractivity contribution is -0.122. The zero-order chi connectivity index (χ0) is 19.7. The average molecular weight is 378 g/mol. The lowest BCUT2D eigenvalue weighted by Gasteiger charge is -2.17. The summed E-state index contributed by atoms with van der Waals surface area (Å²) in [6.07, 6.45) is 3.13. The van der Waals surface area contributed by atoms with E-state index < -0.39 is 0 Å². The van der Waals surface area contributed by atoms with Crippen LogP contribution in [0.2, 0.25) is 0 Å². The Morgan fingerprint density at radius 1 is 1.21 bits per heavy atom. The van der Waals surface area contributed by atoms with Crippen LogP contribution in [-0.2, 0) is 17.8 Å². The molecular formula is C21H22N4O3. The highest BCUT2D eigenvalue weighted by Crippen LogP contribution is 2.19. The number of amides is 1. The van der Waals surface area contributed by atoms with Crippen molar-refractivity contribution in [1.29, 1.82) is 0 Å². The highest BCUT2D eigenvalue weighted by molar-refractivity contribution is 5.82. The van der Waals surface area contributed by atoms with Gasteiger partial charge in [-0.25, -0.2) is 4.68 Å². The molecule has 4 aromatic rings. The van der Waals surface area contributed by atoms with Gasteiger partial charge in [-0.2, -0.15) is 5.10 Å². The molecule has 1 N–H and O–H groups in total. The Morgan fingerprint density at radius 2 is 2.00 bits per heavy atom. The van der Waals surface area contributed by atoms with Gasteiger partial charge in [0.15, 0.2) is 5.58 Å². The van der Waals surface area contributed by atoms with Crippen LogP contribution in [0.1, 0.15) is 24.7 Å². The van der Waals surface area contributed by atoms with Crippen molar-refractivity contribution < 1.29 is 9.21 Å². The first-order valence-corrected chi connectivity index (χ1v) is 9.36. The molecule has 0 bridgehead atoms. The number of rotatable bonds is 6. The first-order valence-electron chi connectivity index (χ1n) is 9.36. The Bertz CT molecular complexity index is 1190. The van der Waals surface area contributed by atoms with Gasteiger partial charge in [0.2, 0.25) is 5.91 Å². The summed E-state index contributed by atoms with van der Waals surface area (Å²) in [5, 5.41) is 7.34. The molecule has 0 radical (unpaired) electrons. The summed E-state index contributed by atoms with van der Waals surface area (Å²) in [6, 6.07) is 13.5. The average Bonchev–Trinajstić information content (AvgIpc) is 3.27. The molecule has 3 aromatic heterocycles. The second-order valence-electron chi connectivity index (χ2n) is 6.91. The molecule has 0 unspecified atom stereocenters. The van der Waals surface area contributed by atoms with Crippen molar-refractivity contribution in [2.75, 3.05) is 0 Å². The van der Waals surface area contributed by atoms with Gasteiger partial charge in [-0.05, 0) is 25.3 Å². The Labute approximate surface area is 161 Å². The number of carbonyl (C=O) groups is 1. The van der Waals surface area contributed by atoms with Crippen LogP contribution < -0.4 is 10.9 Å². The first-order chi connectivity index (χ1) is 13.6. The molecule has 0 aliphatic carbocycles. The fourth-order valence-electron chi connectivity index (χ4n) is 3.54. The normalized spacial score (nSPS) is 12.5. The number of aryl methyl sites for hydroxylation is 1. The summed E-state index contributed by atoms with van der Waals surface area (Å²) in [5.41, 5.74) is 2.72. The fourth-order valence-corrected chi connectivity index (χ4v) is 3.54. The van der Waals surface area contributed by atoms with E-state index in [0.29, 0.717) is 16.9 Å². The third-order valence-corrected chi connectivity index (χ3v) is 4.94. The number of hydrogen-bond donors (Lipinski definition) is 1. The van der Waals surface area contributed by atoms with Gasteiger partial charge in [0.05, 0.1) is 11.8 Å². The van der Waals surface area contributed by atoms with Crippen molar-refractivity contribution in [2.45, 2.75) is 39.3 Å². The minimum Gasteiger partial charge on any atom is -0.463 e. The minimum absolute atomic E-state index is 0.00562. The third kappa shape index (κ3) is 3.31. The van der Waals surface area contributed by atoms with Crippen molar-refractivity contribution in [3.63, 3.8) is 0 Å². The van der Waals surface area contributed by atoms with E-state index in [2.05, 4.69) is 10.4 Å². The summed E-state index contributed by atoms with van der Waals surface area (Å²) >= 11 is 0. The molecule has 1 aromatic carbocycles. The molecule has 0 fully saturated rings. The fraction of sp³-hybridized carbons (Fsp3) is 0.286. The summed E-state index contributed by atoms with van der Waals surface area (Å²) < 4.78 is 8.35. The lowest BCUT2D eigenvalue weighted by Crippen LogP contribution is -2.40. The molecule has 0 aliphatic rings. The van der Waals surface area contributed by atoms with Gasteiger partial charge < -0.3 is 9.73 Å². The Balaban J connectivity index is 1.54. The molecule has 4 rings (SSSR count). The maximum Gasteiger partial charge on any atom is 0.291 e.